The second-order valence-electron chi connectivity index (χ2n) is 18.2. The van der Waals surface area contributed by atoms with Crippen LogP contribution in [0.5, 0.6) is 11.6 Å². The lowest BCUT2D eigenvalue weighted by atomic mass is 9.83. The van der Waals surface area contributed by atoms with Crippen molar-refractivity contribution in [1.82, 2.24) is 44.9 Å². The first kappa shape index (κ1) is 47.4. The van der Waals surface area contributed by atoms with E-state index in [-0.39, 0.29) is 111 Å². The van der Waals surface area contributed by atoms with Gasteiger partial charge in [0.15, 0.2) is 17.4 Å². The number of piperidine rings is 1. The average molecular weight is 960 g/mol. The molecule has 1 saturated carbocycles. The van der Waals surface area contributed by atoms with Gasteiger partial charge in [0.1, 0.15) is 36.7 Å². The van der Waals surface area contributed by atoms with E-state index < -0.39 is 35.7 Å². The number of ether oxygens (including phenoxy) is 3. The number of thiophene rings is 1. The molecule has 20 heteroatoms. The van der Waals surface area contributed by atoms with Gasteiger partial charge in [0.05, 0.1) is 47.6 Å². The van der Waals surface area contributed by atoms with Gasteiger partial charge in [-0.3, -0.25) is 29.1 Å². The van der Waals surface area contributed by atoms with Crippen LogP contribution in [-0.4, -0.2) is 155 Å². The van der Waals surface area contributed by atoms with Gasteiger partial charge >= 0.3 is 0 Å². The molecule has 0 radical (unpaired) electrons. The van der Waals surface area contributed by atoms with E-state index in [2.05, 4.69) is 25.7 Å². The Kier molecular flexibility index (Phi) is 14.8. The van der Waals surface area contributed by atoms with Crippen LogP contribution in [0.25, 0.3) is 21.1 Å². The zero-order valence-corrected chi connectivity index (χ0v) is 39.3. The van der Waals surface area contributed by atoms with Gasteiger partial charge in [0.25, 0.3) is 11.8 Å². The molecule has 3 aliphatic heterocycles. The predicted octanol–water partition coefficient (Wildman–Crippen LogP) is 4.82. The van der Waals surface area contributed by atoms with Gasteiger partial charge in [0, 0.05) is 69.5 Å². The van der Waals surface area contributed by atoms with Crippen LogP contribution in [0.1, 0.15) is 68.1 Å². The molecule has 0 spiro atoms. The summed E-state index contributed by atoms with van der Waals surface area (Å²) >= 11 is 1.63. The number of piperazine rings is 1. The number of pyridine rings is 1. The SMILES string of the molecule is CN[C@@H](C)C(=O)NC(C(=O)N1CCN(C(=O)c2cc3cc(F)c(F)cc3n2CC(=O)N2CCOC[C@@H]2COc2cc(CN3CCC(Oc4ccnc5ccsc45)CC3)on2)CC1)C1CCCCC1. The van der Waals surface area contributed by atoms with Crippen LogP contribution in [0.15, 0.2) is 52.5 Å². The zero-order chi connectivity index (χ0) is 47.3. The van der Waals surface area contributed by atoms with E-state index >= 15 is 0 Å². The smallest absolute Gasteiger partial charge is 0.270 e. The summed E-state index contributed by atoms with van der Waals surface area (Å²) in [5.41, 5.74) is 1.22. The summed E-state index contributed by atoms with van der Waals surface area (Å²) < 4.78 is 55.7. The Morgan fingerprint density at radius 3 is 2.47 bits per heavy atom. The molecule has 17 nitrogen and oxygen atoms in total. The number of benzene rings is 1. The number of likely N-dealkylation sites (N-methyl/N-ethyl adjacent to an activating group) is 1. The van der Waals surface area contributed by atoms with E-state index in [0.29, 0.717) is 12.3 Å². The van der Waals surface area contributed by atoms with E-state index in [9.17, 15) is 28.0 Å². The molecular weight excluding hydrogens is 901 g/mol. The van der Waals surface area contributed by atoms with Gasteiger partial charge in [-0.05, 0) is 80.4 Å². The lowest BCUT2D eigenvalue weighted by Crippen LogP contribution is -2.59. The van der Waals surface area contributed by atoms with E-state index in [1.165, 1.54) is 10.6 Å². The predicted molar refractivity (Wildman–Crippen MR) is 248 cm³/mol. The van der Waals surface area contributed by atoms with E-state index in [0.717, 1.165) is 86.1 Å². The number of hydrogen-bond donors (Lipinski definition) is 2. The van der Waals surface area contributed by atoms with E-state index in [4.69, 9.17) is 18.7 Å². The van der Waals surface area contributed by atoms with Gasteiger partial charge in [0.2, 0.25) is 17.7 Å². The third-order valence-corrected chi connectivity index (χ3v) is 14.8. The molecule has 68 heavy (non-hydrogen) atoms. The molecule has 4 aliphatic rings. The summed E-state index contributed by atoms with van der Waals surface area (Å²) in [4.78, 5) is 67.2. The van der Waals surface area contributed by atoms with Crippen LogP contribution >= 0.6 is 11.3 Å². The van der Waals surface area contributed by atoms with Gasteiger partial charge in [-0.1, -0.05) is 19.3 Å². The largest absolute Gasteiger partial charge is 0.489 e. The Morgan fingerprint density at radius 1 is 0.926 bits per heavy atom. The van der Waals surface area contributed by atoms with Crippen LogP contribution in [0.2, 0.25) is 0 Å². The highest BCUT2D eigenvalue weighted by Crippen LogP contribution is 2.32. The number of likely N-dealkylation sites (tertiary alicyclic amines) is 1. The lowest BCUT2D eigenvalue weighted by Gasteiger charge is -2.39. The van der Waals surface area contributed by atoms with Crippen LogP contribution in [0.4, 0.5) is 8.78 Å². The number of halogens is 2. The average Bonchev–Trinajstić information content (AvgIpc) is 4.12. The number of carbonyl (C=O) groups is 4. The van der Waals surface area contributed by atoms with Crippen LogP contribution < -0.4 is 20.1 Å². The monoisotopic (exact) mass is 959 g/mol. The number of carbonyl (C=O) groups excluding carboxylic acids is 4. The summed E-state index contributed by atoms with van der Waals surface area (Å²) in [5.74, 6) is -1.59. The first-order chi connectivity index (χ1) is 33.0. The Bertz CT molecular complexity index is 2580. The van der Waals surface area contributed by atoms with Crippen molar-refractivity contribution in [3.05, 3.63) is 71.1 Å². The number of hydrogen-bond acceptors (Lipinski definition) is 13. The minimum Gasteiger partial charge on any atom is -0.489 e. The number of morpholine rings is 1. The summed E-state index contributed by atoms with van der Waals surface area (Å²) in [5, 5.41) is 12.4. The Hall–Kier alpha value is -5.70. The minimum absolute atomic E-state index is 0.0220. The Balaban J connectivity index is 0.814. The van der Waals surface area contributed by atoms with Gasteiger partial charge in [-0.15, -0.1) is 11.3 Å². The molecule has 364 valence electrons. The molecule has 0 bridgehead atoms. The van der Waals surface area contributed by atoms with Crippen molar-refractivity contribution in [3.63, 3.8) is 0 Å². The number of rotatable bonds is 15. The second-order valence-corrected chi connectivity index (χ2v) is 19.2. The molecule has 5 aromatic rings. The quantitative estimate of drug-likeness (QED) is 0.147. The fourth-order valence-electron chi connectivity index (χ4n) is 9.84. The normalized spacial score (nSPS) is 19.9. The van der Waals surface area contributed by atoms with E-state index in [1.54, 1.807) is 52.3 Å². The molecule has 7 heterocycles. The summed E-state index contributed by atoms with van der Waals surface area (Å²) in [6.07, 6.45) is 8.37. The van der Waals surface area contributed by atoms with Crippen molar-refractivity contribution < 1.29 is 46.7 Å². The molecule has 3 atom stereocenters. The van der Waals surface area contributed by atoms with Crippen LogP contribution in [0, 0.1) is 17.6 Å². The number of fused-ring (bicyclic) bond motifs is 2. The number of nitrogens with zero attached hydrogens (tertiary/aromatic N) is 7. The molecule has 4 amide bonds. The Morgan fingerprint density at radius 2 is 1.69 bits per heavy atom. The molecule has 1 aromatic carbocycles. The molecule has 1 unspecified atom stereocenters. The lowest BCUT2D eigenvalue weighted by molar-refractivity contribution is -0.142. The molecule has 3 saturated heterocycles. The maximum atomic E-state index is 14.8. The van der Waals surface area contributed by atoms with Crippen molar-refractivity contribution in [3.8, 4) is 11.6 Å². The van der Waals surface area contributed by atoms with Gasteiger partial charge in [-0.2, -0.15) is 0 Å². The third kappa shape index (κ3) is 10.6. The van der Waals surface area contributed by atoms with Crippen molar-refractivity contribution in [2.45, 2.75) is 89.2 Å². The highest BCUT2D eigenvalue weighted by atomic mass is 32.1. The van der Waals surface area contributed by atoms with Crippen molar-refractivity contribution in [2.24, 2.45) is 5.92 Å². The fraction of sp³-hybridized carbons (Fsp3) is 0.542. The van der Waals surface area contributed by atoms with Crippen molar-refractivity contribution >= 4 is 56.1 Å². The molecule has 1 aliphatic carbocycles. The molecule has 4 aromatic heterocycles. The highest BCUT2D eigenvalue weighted by Gasteiger charge is 2.37. The van der Waals surface area contributed by atoms with Gasteiger partial charge in [-0.25, -0.2) is 8.78 Å². The van der Waals surface area contributed by atoms with Crippen LogP contribution in [-0.2, 0) is 32.2 Å². The first-order valence-electron chi connectivity index (χ1n) is 23.7. The molecule has 2 N–H and O–H groups in total. The number of nitrogens with one attached hydrogen (secondary N) is 2. The number of amides is 4. The summed E-state index contributed by atoms with van der Waals surface area (Å²) in [6.45, 7) is 5.19. The zero-order valence-electron chi connectivity index (χ0n) is 38.5. The summed E-state index contributed by atoms with van der Waals surface area (Å²) in [6, 6.07) is 7.51. The highest BCUT2D eigenvalue weighted by molar-refractivity contribution is 7.17. The number of aromatic nitrogens is 3. The molecule has 9 rings (SSSR count). The standard InChI is InChI=1S/C48H59F2N9O8S/c1-30(51-2)46(61)53-44(31-6-4-3-5-7-31)48(63)57-17-15-56(16-18-57)47(62)40-23-32-22-36(49)37(50)25-39(32)59(40)27-43(60)58-19-20-64-28-33(58)29-65-42-24-35(67-54-42)26-55-13-9-34(10-14-55)66-41-8-12-52-38-11-21-68-45(38)41/h8,11-12,21-25,30-31,33-34,44,51H,3-7,9-10,13-20,26-29H2,1-2H3,(H,53,61)/t30-,33+,44?/m0/s1. The van der Waals surface area contributed by atoms with Crippen molar-refractivity contribution in [2.75, 3.05) is 72.7 Å². The summed E-state index contributed by atoms with van der Waals surface area (Å²) in [7, 11) is 1.69. The second kappa shape index (κ2) is 21.3. The molecule has 4 fully saturated rings. The Labute approximate surface area is 397 Å². The third-order valence-electron chi connectivity index (χ3n) is 13.9. The first-order valence-corrected chi connectivity index (χ1v) is 24.6. The maximum absolute atomic E-state index is 14.8. The van der Waals surface area contributed by atoms with E-state index in [1.807, 2.05) is 17.5 Å². The topological polar surface area (TPSA) is 177 Å². The molecular formula is C48H59F2N9O8S. The van der Waals surface area contributed by atoms with Gasteiger partial charge < -0.3 is 48.6 Å². The minimum atomic E-state index is -1.11. The fourth-order valence-corrected chi connectivity index (χ4v) is 10.7. The maximum Gasteiger partial charge on any atom is 0.270 e. The van der Waals surface area contributed by atoms with Crippen LogP contribution in [0.3, 0.4) is 0 Å². The van der Waals surface area contributed by atoms with Crippen molar-refractivity contribution in [1.29, 1.82) is 0 Å².